The molecule has 1 unspecified atom stereocenters. The molecule has 0 amide bonds. The van der Waals surface area contributed by atoms with E-state index in [4.69, 9.17) is 4.74 Å². The molecule has 2 nitrogen and oxygen atoms in total. The van der Waals surface area contributed by atoms with Crippen molar-refractivity contribution in [2.24, 2.45) is 0 Å². The lowest BCUT2D eigenvalue weighted by molar-refractivity contribution is 0.0309. The van der Waals surface area contributed by atoms with Crippen molar-refractivity contribution in [2.45, 2.75) is 12.5 Å². The number of nitrogens with one attached hydrogen (secondary N) is 1. The van der Waals surface area contributed by atoms with Gasteiger partial charge in [0.05, 0.1) is 12.7 Å². The van der Waals surface area contributed by atoms with Gasteiger partial charge in [-0.2, -0.15) is 0 Å². The van der Waals surface area contributed by atoms with E-state index in [9.17, 15) is 0 Å². The first kappa shape index (κ1) is 10.4. The minimum Gasteiger partial charge on any atom is -0.375 e. The minimum atomic E-state index is 0. The molecule has 0 radical (unpaired) electrons. The molecular weight excluding hydrogens is 241 g/mol. The van der Waals surface area contributed by atoms with Gasteiger partial charge < -0.3 is 10.1 Å². The summed E-state index contributed by atoms with van der Waals surface area (Å²) in [6.45, 7) is 6.46. The maximum Gasteiger partial charge on any atom is 0.0734 e. The van der Waals surface area contributed by atoms with Gasteiger partial charge in [0, 0.05) is 13.1 Å². The second-order valence-corrected chi connectivity index (χ2v) is 2.22. The molecule has 1 saturated heterocycles. The lowest BCUT2D eigenvalue weighted by Crippen LogP contribution is -2.38. The van der Waals surface area contributed by atoms with Crippen molar-refractivity contribution < 1.29 is 4.74 Å². The van der Waals surface area contributed by atoms with Gasteiger partial charge in [-0.05, 0) is 6.42 Å². The first-order valence-corrected chi connectivity index (χ1v) is 3.36. The quantitative estimate of drug-likeness (QED) is 0.590. The van der Waals surface area contributed by atoms with Crippen LogP contribution in [0.1, 0.15) is 6.42 Å². The monoisotopic (exact) mass is 255 g/mol. The van der Waals surface area contributed by atoms with Gasteiger partial charge in [-0.3, -0.25) is 0 Å². The molecule has 0 aromatic heterocycles. The van der Waals surface area contributed by atoms with Crippen LogP contribution < -0.4 is 5.32 Å². The molecule has 0 aromatic carbocycles. The maximum absolute atomic E-state index is 5.38. The summed E-state index contributed by atoms with van der Waals surface area (Å²) in [4.78, 5) is 0. The van der Waals surface area contributed by atoms with Crippen LogP contribution in [-0.4, -0.2) is 25.8 Å². The number of rotatable bonds is 2. The van der Waals surface area contributed by atoms with E-state index in [1.165, 1.54) is 0 Å². The fourth-order valence-electron chi connectivity index (χ4n) is 0.957. The van der Waals surface area contributed by atoms with Gasteiger partial charge in [0.25, 0.3) is 0 Å². The maximum atomic E-state index is 5.38. The van der Waals surface area contributed by atoms with Gasteiger partial charge in [0.2, 0.25) is 0 Å². The highest BCUT2D eigenvalue weighted by atomic mass is 127. The zero-order chi connectivity index (χ0) is 6.53. The SMILES string of the molecule is C=CCC1CNCCO1.I. The molecule has 0 aliphatic carbocycles. The molecule has 1 aliphatic heterocycles. The molecule has 1 N–H and O–H groups in total. The van der Waals surface area contributed by atoms with Gasteiger partial charge in [-0.15, -0.1) is 30.6 Å². The van der Waals surface area contributed by atoms with Crippen molar-refractivity contribution in [2.75, 3.05) is 19.7 Å². The highest BCUT2D eigenvalue weighted by Crippen LogP contribution is 2.00. The van der Waals surface area contributed by atoms with Crippen LogP contribution in [0.5, 0.6) is 0 Å². The van der Waals surface area contributed by atoms with Gasteiger partial charge in [-0.1, -0.05) is 6.08 Å². The predicted octanol–water partition coefficient (Wildman–Crippen LogP) is 1.17. The van der Waals surface area contributed by atoms with E-state index >= 15 is 0 Å². The zero-order valence-corrected chi connectivity index (χ0v) is 8.34. The lowest BCUT2D eigenvalue weighted by atomic mass is 10.2. The molecule has 60 valence electrons. The second-order valence-electron chi connectivity index (χ2n) is 2.22. The molecule has 1 fully saturated rings. The fraction of sp³-hybridized carbons (Fsp3) is 0.714. The Morgan fingerprint density at radius 3 is 3.00 bits per heavy atom. The summed E-state index contributed by atoms with van der Waals surface area (Å²) in [5.74, 6) is 0. The molecule has 1 rings (SSSR count). The van der Waals surface area contributed by atoms with Crippen molar-refractivity contribution in [1.29, 1.82) is 0 Å². The van der Waals surface area contributed by atoms with Crippen LogP contribution in [-0.2, 0) is 4.74 Å². The van der Waals surface area contributed by atoms with E-state index in [2.05, 4.69) is 11.9 Å². The minimum absolute atomic E-state index is 0. The predicted molar refractivity (Wildman–Crippen MR) is 52.8 cm³/mol. The third-order valence-corrected chi connectivity index (χ3v) is 1.43. The highest BCUT2D eigenvalue weighted by Gasteiger charge is 2.09. The van der Waals surface area contributed by atoms with Gasteiger partial charge in [0.1, 0.15) is 0 Å². The molecule has 0 aromatic rings. The van der Waals surface area contributed by atoms with Crippen molar-refractivity contribution in [3.05, 3.63) is 12.7 Å². The Kier molecular flexibility index (Phi) is 6.36. The zero-order valence-electron chi connectivity index (χ0n) is 6.01. The Labute approximate surface area is 79.0 Å². The van der Waals surface area contributed by atoms with Gasteiger partial charge in [0.15, 0.2) is 0 Å². The van der Waals surface area contributed by atoms with Crippen LogP contribution >= 0.6 is 24.0 Å². The normalized spacial score (nSPS) is 25.0. The Bertz CT molecular complexity index is 91.6. The molecule has 0 spiro atoms. The Morgan fingerprint density at radius 2 is 2.50 bits per heavy atom. The molecule has 0 saturated carbocycles. The molecule has 1 atom stereocenters. The smallest absolute Gasteiger partial charge is 0.0734 e. The van der Waals surface area contributed by atoms with E-state index in [-0.39, 0.29) is 24.0 Å². The first-order chi connectivity index (χ1) is 4.43. The topological polar surface area (TPSA) is 21.3 Å². The van der Waals surface area contributed by atoms with E-state index in [0.29, 0.717) is 6.10 Å². The van der Waals surface area contributed by atoms with E-state index in [1.54, 1.807) is 0 Å². The lowest BCUT2D eigenvalue weighted by Gasteiger charge is -2.21. The van der Waals surface area contributed by atoms with Crippen LogP contribution in [0.4, 0.5) is 0 Å². The number of ether oxygens (including phenoxy) is 1. The third kappa shape index (κ3) is 3.53. The number of hydrogen-bond acceptors (Lipinski definition) is 2. The summed E-state index contributed by atoms with van der Waals surface area (Å²) in [7, 11) is 0. The Balaban J connectivity index is 0.000000810. The van der Waals surface area contributed by atoms with Crippen LogP contribution in [0, 0.1) is 0 Å². The molecule has 10 heavy (non-hydrogen) atoms. The standard InChI is InChI=1S/C7H13NO.HI/c1-2-3-7-6-8-4-5-9-7;/h2,7-8H,1,3-6H2;1H. The molecule has 0 bridgehead atoms. The van der Waals surface area contributed by atoms with E-state index in [0.717, 1.165) is 26.1 Å². The van der Waals surface area contributed by atoms with E-state index < -0.39 is 0 Å². The van der Waals surface area contributed by atoms with Crippen LogP contribution in [0.25, 0.3) is 0 Å². The second kappa shape index (κ2) is 6.12. The number of morpholine rings is 1. The Morgan fingerprint density at radius 1 is 1.70 bits per heavy atom. The van der Waals surface area contributed by atoms with Gasteiger partial charge in [-0.25, -0.2) is 0 Å². The van der Waals surface area contributed by atoms with Crippen molar-refractivity contribution in [3.8, 4) is 0 Å². The summed E-state index contributed by atoms with van der Waals surface area (Å²) in [5, 5.41) is 3.25. The molecule has 3 heteroatoms. The molecule has 1 heterocycles. The highest BCUT2D eigenvalue weighted by molar-refractivity contribution is 14.0. The van der Waals surface area contributed by atoms with Crippen molar-refractivity contribution in [1.82, 2.24) is 5.32 Å². The molecule has 1 aliphatic rings. The summed E-state index contributed by atoms with van der Waals surface area (Å²) < 4.78 is 5.38. The van der Waals surface area contributed by atoms with Crippen molar-refractivity contribution >= 4 is 24.0 Å². The van der Waals surface area contributed by atoms with Crippen molar-refractivity contribution in [3.63, 3.8) is 0 Å². The van der Waals surface area contributed by atoms with Crippen LogP contribution in [0.2, 0.25) is 0 Å². The largest absolute Gasteiger partial charge is 0.375 e. The average Bonchev–Trinajstić information content (AvgIpc) is 1.91. The first-order valence-electron chi connectivity index (χ1n) is 3.36. The average molecular weight is 255 g/mol. The molecular formula is C7H14INO. The number of halogens is 1. The van der Waals surface area contributed by atoms with Crippen LogP contribution in [0.3, 0.4) is 0 Å². The summed E-state index contributed by atoms with van der Waals surface area (Å²) in [5.41, 5.74) is 0. The van der Waals surface area contributed by atoms with E-state index in [1.807, 2.05) is 6.08 Å². The van der Waals surface area contributed by atoms with Gasteiger partial charge >= 0.3 is 0 Å². The van der Waals surface area contributed by atoms with Crippen LogP contribution in [0.15, 0.2) is 12.7 Å². The summed E-state index contributed by atoms with van der Waals surface area (Å²) in [6.07, 6.45) is 3.24. The number of hydrogen-bond donors (Lipinski definition) is 1. The third-order valence-electron chi connectivity index (χ3n) is 1.43. The fourth-order valence-corrected chi connectivity index (χ4v) is 0.957. The Hall–Kier alpha value is 0.390. The summed E-state index contributed by atoms with van der Waals surface area (Å²) >= 11 is 0. The summed E-state index contributed by atoms with van der Waals surface area (Å²) in [6, 6.07) is 0.